The van der Waals surface area contributed by atoms with E-state index in [1.165, 1.54) is 0 Å². The fraction of sp³-hybridized carbons (Fsp3) is 0.273. The Bertz CT molecular complexity index is 1060. The van der Waals surface area contributed by atoms with Crippen LogP contribution in [0.4, 0.5) is 11.4 Å². The van der Waals surface area contributed by atoms with Crippen LogP contribution in [-0.2, 0) is 7.05 Å². The number of imidazole rings is 1. The van der Waals surface area contributed by atoms with Crippen molar-refractivity contribution in [2.45, 2.75) is 13.8 Å². The van der Waals surface area contributed by atoms with Gasteiger partial charge in [-0.05, 0) is 50.2 Å². The number of para-hydroxylation sites is 2. The number of aryl methyl sites for hydroxylation is 1. The lowest BCUT2D eigenvalue weighted by atomic mass is 10.2. The van der Waals surface area contributed by atoms with Crippen LogP contribution in [0.15, 0.2) is 54.3 Å². The summed E-state index contributed by atoms with van der Waals surface area (Å²) in [5.74, 6) is 1.06. The monoisotopic (exact) mass is 375 g/mol. The lowest BCUT2D eigenvalue weighted by molar-refractivity contribution is 0.411. The second-order valence-corrected chi connectivity index (χ2v) is 6.93. The van der Waals surface area contributed by atoms with Crippen molar-refractivity contribution < 1.29 is 5.11 Å². The molecule has 0 spiro atoms. The molecule has 2 N–H and O–H groups in total. The predicted octanol–water partition coefficient (Wildman–Crippen LogP) is 4.19. The lowest BCUT2D eigenvalue weighted by Gasteiger charge is -2.23. The molecular weight excluding hydrogens is 350 g/mol. The van der Waals surface area contributed by atoms with E-state index in [4.69, 9.17) is 5.41 Å². The SMILES string of the molecule is CCN(CC)c1ccc(N2CC(O)=C(c3nc4ccccc4n3C)C2=N)cc1. The van der Waals surface area contributed by atoms with Crippen molar-refractivity contribution in [2.75, 3.05) is 29.4 Å². The van der Waals surface area contributed by atoms with E-state index < -0.39 is 0 Å². The van der Waals surface area contributed by atoms with Gasteiger partial charge in [-0.2, -0.15) is 0 Å². The third kappa shape index (κ3) is 2.81. The molecule has 0 aliphatic carbocycles. The number of nitrogens with one attached hydrogen (secondary N) is 1. The summed E-state index contributed by atoms with van der Waals surface area (Å²) in [5.41, 5.74) is 4.38. The molecule has 2 heterocycles. The Hall–Kier alpha value is -3.28. The van der Waals surface area contributed by atoms with E-state index in [0.717, 1.165) is 35.5 Å². The van der Waals surface area contributed by atoms with Crippen LogP contribution in [0.3, 0.4) is 0 Å². The van der Waals surface area contributed by atoms with Crippen LogP contribution in [-0.4, -0.2) is 40.1 Å². The highest BCUT2D eigenvalue weighted by molar-refractivity contribution is 6.30. The molecule has 0 bridgehead atoms. The summed E-state index contributed by atoms with van der Waals surface area (Å²) in [6.07, 6.45) is 0. The van der Waals surface area contributed by atoms with Gasteiger partial charge in [0.25, 0.3) is 0 Å². The number of anilines is 2. The molecule has 1 aliphatic rings. The van der Waals surface area contributed by atoms with Gasteiger partial charge in [-0.3, -0.25) is 5.41 Å². The van der Waals surface area contributed by atoms with Gasteiger partial charge in [-0.1, -0.05) is 12.1 Å². The van der Waals surface area contributed by atoms with Crippen LogP contribution in [0.5, 0.6) is 0 Å². The third-order valence-corrected chi connectivity index (χ3v) is 5.40. The molecule has 0 atom stereocenters. The van der Waals surface area contributed by atoms with Crippen LogP contribution in [0, 0.1) is 5.41 Å². The van der Waals surface area contributed by atoms with Crippen molar-refractivity contribution in [1.82, 2.24) is 9.55 Å². The minimum absolute atomic E-state index is 0.177. The number of aromatic nitrogens is 2. The smallest absolute Gasteiger partial charge is 0.148 e. The first-order valence-corrected chi connectivity index (χ1v) is 9.60. The van der Waals surface area contributed by atoms with E-state index in [1.54, 1.807) is 0 Å². The fourth-order valence-corrected chi connectivity index (χ4v) is 3.84. The molecule has 6 nitrogen and oxygen atoms in total. The number of nitrogens with zero attached hydrogens (tertiary/aromatic N) is 4. The van der Waals surface area contributed by atoms with Crippen molar-refractivity contribution >= 4 is 33.8 Å². The average molecular weight is 375 g/mol. The summed E-state index contributed by atoms with van der Waals surface area (Å²) in [6, 6.07) is 16.0. The summed E-state index contributed by atoms with van der Waals surface area (Å²) < 4.78 is 1.93. The standard InChI is InChI=1S/C22H25N5O/c1-4-26(5-2)15-10-12-16(13-11-15)27-14-19(28)20(21(27)23)22-24-17-8-6-7-9-18(17)25(22)3/h6-13,23,28H,4-5,14H2,1-3H3. The molecule has 0 amide bonds. The van der Waals surface area contributed by atoms with E-state index in [2.05, 4.69) is 35.9 Å². The topological polar surface area (TPSA) is 68.4 Å². The van der Waals surface area contributed by atoms with E-state index in [0.29, 0.717) is 11.4 Å². The van der Waals surface area contributed by atoms with E-state index in [9.17, 15) is 5.11 Å². The van der Waals surface area contributed by atoms with Gasteiger partial charge in [0, 0.05) is 31.5 Å². The molecule has 28 heavy (non-hydrogen) atoms. The van der Waals surface area contributed by atoms with E-state index in [-0.39, 0.29) is 18.1 Å². The summed E-state index contributed by atoms with van der Waals surface area (Å²) in [4.78, 5) is 8.75. The number of hydrogen-bond acceptors (Lipinski definition) is 4. The van der Waals surface area contributed by atoms with Gasteiger partial charge in [0.1, 0.15) is 17.4 Å². The Morgan fingerprint density at radius 1 is 1.07 bits per heavy atom. The minimum atomic E-state index is 0.177. The largest absolute Gasteiger partial charge is 0.509 e. The first kappa shape index (κ1) is 18.1. The molecule has 144 valence electrons. The Morgan fingerprint density at radius 2 is 1.75 bits per heavy atom. The van der Waals surface area contributed by atoms with Crippen molar-refractivity contribution in [3.8, 4) is 0 Å². The summed E-state index contributed by atoms with van der Waals surface area (Å²) in [7, 11) is 1.92. The van der Waals surface area contributed by atoms with Crippen molar-refractivity contribution in [2.24, 2.45) is 7.05 Å². The second kappa shape index (κ2) is 7.03. The van der Waals surface area contributed by atoms with Gasteiger partial charge in [0.2, 0.25) is 0 Å². The Morgan fingerprint density at radius 3 is 2.39 bits per heavy atom. The Kier molecular flexibility index (Phi) is 4.55. The molecule has 0 unspecified atom stereocenters. The molecule has 0 saturated heterocycles. The molecular formula is C22H25N5O. The fourth-order valence-electron chi connectivity index (χ4n) is 3.84. The van der Waals surface area contributed by atoms with E-state index in [1.807, 2.05) is 52.9 Å². The highest BCUT2D eigenvalue weighted by Gasteiger charge is 2.32. The van der Waals surface area contributed by atoms with Gasteiger partial charge in [0.05, 0.1) is 23.2 Å². The second-order valence-electron chi connectivity index (χ2n) is 6.93. The molecule has 0 radical (unpaired) electrons. The quantitative estimate of drug-likeness (QED) is 0.702. The number of hydrogen-bond donors (Lipinski definition) is 2. The molecule has 6 heteroatoms. The maximum absolute atomic E-state index is 10.6. The number of benzene rings is 2. The van der Waals surface area contributed by atoms with Crippen LogP contribution < -0.4 is 9.80 Å². The number of aliphatic hydroxyl groups excluding tert-OH is 1. The molecule has 2 aromatic carbocycles. The Labute approximate surface area is 164 Å². The van der Waals surface area contributed by atoms with Crippen LogP contribution in [0.25, 0.3) is 16.6 Å². The van der Waals surface area contributed by atoms with E-state index >= 15 is 0 Å². The van der Waals surface area contributed by atoms with Gasteiger partial charge in [-0.15, -0.1) is 0 Å². The van der Waals surface area contributed by atoms with Crippen molar-refractivity contribution in [1.29, 1.82) is 5.41 Å². The first-order valence-electron chi connectivity index (χ1n) is 9.60. The molecule has 3 aromatic rings. The third-order valence-electron chi connectivity index (χ3n) is 5.40. The zero-order valence-electron chi connectivity index (χ0n) is 16.5. The predicted molar refractivity (Wildman–Crippen MR) is 115 cm³/mol. The molecule has 1 aromatic heterocycles. The summed E-state index contributed by atoms with van der Waals surface area (Å²) >= 11 is 0. The van der Waals surface area contributed by atoms with Crippen LogP contribution >= 0.6 is 0 Å². The number of fused-ring (bicyclic) bond motifs is 1. The first-order chi connectivity index (χ1) is 13.5. The molecule has 0 fully saturated rings. The van der Waals surface area contributed by atoms with Gasteiger partial charge in [0.15, 0.2) is 0 Å². The van der Waals surface area contributed by atoms with Crippen LogP contribution in [0.1, 0.15) is 19.7 Å². The normalized spacial score (nSPS) is 14.4. The van der Waals surface area contributed by atoms with Crippen molar-refractivity contribution in [3.05, 3.63) is 60.1 Å². The Balaban J connectivity index is 1.65. The minimum Gasteiger partial charge on any atom is -0.509 e. The number of rotatable bonds is 5. The van der Waals surface area contributed by atoms with Crippen molar-refractivity contribution in [3.63, 3.8) is 0 Å². The van der Waals surface area contributed by atoms with Gasteiger partial charge < -0.3 is 19.5 Å². The zero-order chi connectivity index (χ0) is 19.8. The number of aliphatic hydroxyl groups is 1. The molecule has 0 saturated carbocycles. The highest BCUT2D eigenvalue weighted by Crippen LogP contribution is 2.32. The number of amidine groups is 1. The molecule has 1 aliphatic heterocycles. The highest BCUT2D eigenvalue weighted by atomic mass is 16.3. The average Bonchev–Trinajstić information content (AvgIpc) is 3.19. The summed E-state index contributed by atoms with van der Waals surface area (Å²) in [6.45, 7) is 6.46. The summed E-state index contributed by atoms with van der Waals surface area (Å²) in [5, 5.41) is 19.3. The lowest BCUT2D eigenvalue weighted by Crippen LogP contribution is -2.27. The van der Waals surface area contributed by atoms with Gasteiger partial charge in [-0.25, -0.2) is 4.98 Å². The molecule has 4 rings (SSSR count). The maximum Gasteiger partial charge on any atom is 0.148 e. The van der Waals surface area contributed by atoms with Crippen LogP contribution in [0.2, 0.25) is 0 Å². The maximum atomic E-state index is 10.6. The van der Waals surface area contributed by atoms with Gasteiger partial charge >= 0.3 is 0 Å². The zero-order valence-corrected chi connectivity index (χ0v) is 16.5.